The Morgan fingerprint density at radius 3 is 2.83 bits per heavy atom. The number of nitrogens with one attached hydrogen (secondary N) is 1. The Bertz CT molecular complexity index is 952. The molecule has 0 radical (unpaired) electrons. The Morgan fingerprint density at radius 1 is 1.33 bits per heavy atom. The van der Waals surface area contributed by atoms with Crippen LogP contribution in [0, 0.1) is 12.7 Å². The first kappa shape index (κ1) is 15.6. The van der Waals surface area contributed by atoms with Gasteiger partial charge in [0.25, 0.3) is 5.91 Å². The summed E-state index contributed by atoms with van der Waals surface area (Å²) in [6, 6.07) is 5.71. The molecule has 0 aliphatic rings. The normalized spacial score (nSPS) is 10.8. The number of benzene rings is 1. The summed E-state index contributed by atoms with van der Waals surface area (Å²) in [5.41, 5.74) is 1.33. The third-order valence-electron chi connectivity index (χ3n) is 3.51. The van der Waals surface area contributed by atoms with Gasteiger partial charge >= 0.3 is 5.97 Å². The van der Waals surface area contributed by atoms with Gasteiger partial charge in [0, 0.05) is 12.6 Å². The molecule has 7 nitrogen and oxygen atoms in total. The molecule has 3 aromatic rings. The van der Waals surface area contributed by atoms with Crippen molar-refractivity contribution in [2.24, 2.45) is 0 Å². The summed E-state index contributed by atoms with van der Waals surface area (Å²) >= 11 is 0. The van der Waals surface area contributed by atoms with Crippen LogP contribution in [0.2, 0.25) is 0 Å². The van der Waals surface area contributed by atoms with E-state index in [0.29, 0.717) is 5.56 Å². The van der Waals surface area contributed by atoms with E-state index in [0.717, 1.165) is 5.56 Å². The van der Waals surface area contributed by atoms with Crippen LogP contribution in [0.15, 0.2) is 36.8 Å². The van der Waals surface area contributed by atoms with Gasteiger partial charge in [-0.2, -0.15) is 0 Å². The number of aryl methyl sites for hydroxylation is 1. The third kappa shape index (κ3) is 2.94. The second-order valence-corrected chi connectivity index (χ2v) is 5.22. The van der Waals surface area contributed by atoms with Gasteiger partial charge in [0.1, 0.15) is 23.5 Å². The van der Waals surface area contributed by atoms with Crippen molar-refractivity contribution < 1.29 is 19.1 Å². The van der Waals surface area contributed by atoms with Gasteiger partial charge in [0.2, 0.25) is 0 Å². The minimum atomic E-state index is -1.19. The van der Waals surface area contributed by atoms with E-state index in [-0.39, 0.29) is 29.4 Å². The molecule has 0 aliphatic carbocycles. The maximum atomic E-state index is 13.2. The van der Waals surface area contributed by atoms with Gasteiger partial charge in [-0.3, -0.25) is 9.20 Å². The Labute approximate surface area is 135 Å². The fraction of sp³-hybridized carbons (Fsp3) is 0.125. The number of carboxylic acid groups (broad SMARTS) is 1. The number of hydrogen-bond acceptors (Lipinski definition) is 4. The van der Waals surface area contributed by atoms with Gasteiger partial charge in [-0.25, -0.2) is 19.2 Å². The number of halogens is 1. The highest BCUT2D eigenvalue weighted by atomic mass is 19.1. The molecular weight excluding hydrogens is 315 g/mol. The largest absolute Gasteiger partial charge is 0.477 e. The lowest BCUT2D eigenvalue weighted by molar-refractivity contribution is 0.0688. The molecule has 0 spiro atoms. The fourth-order valence-corrected chi connectivity index (χ4v) is 2.28. The van der Waals surface area contributed by atoms with Crippen molar-refractivity contribution in [1.82, 2.24) is 19.7 Å². The minimum Gasteiger partial charge on any atom is -0.477 e. The number of rotatable bonds is 4. The molecule has 0 saturated heterocycles. The maximum Gasteiger partial charge on any atom is 0.353 e. The van der Waals surface area contributed by atoms with Gasteiger partial charge in [-0.1, -0.05) is 12.1 Å². The predicted octanol–water partition coefficient (Wildman–Crippen LogP) is 1.81. The van der Waals surface area contributed by atoms with Crippen LogP contribution < -0.4 is 5.32 Å². The molecule has 2 heterocycles. The van der Waals surface area contributed by atoms with Crippen molar-refractivity contribution in [1.29, 1.82) is 0 Å². The van der Waals surface area contributed by atoms with Crippen LogP contribution in [0.25, 0.3) is 5.65 Å². The summed E-state index contributed by atoms with van der Waals surface area (Å²) in [5.74, 6) is -2.03. The van der Waals surface area contributed by atoms with E-state index >= 15 is 0 Å². The summed E-state index contributed by atoms with van der Waals surface area (Å²) in [7, 11) is 0. The lowest BCUT2D eigenvalue weighted by atomic mass is 10.1. The summed E-state index contributed by atoms with van der Waals surface area (Å²) in [4.78, 5) is 31.4. The smallest absolute Gasteiger partial charge is 0.353 e. The van der Waals surface area contributed by atoms with E-state index in [4.69, 9.17) is 0 Å². The Kier molecular flexibility index (Phi) is 3.95. The summed E-state index contributed by atoms with van der Waals surface area (Å²) in [6.07, 6.45) is 2.68. The number of carbonyl (C=O) groups is 2. The fourth-order valence-electron chi connectivity index (χ4n) is 2.28. The van der Waals surface area contributed by atoms with Crippen molar-refractivity contribution >= 4 is 17.5 Å². The van der Waals surface area contributed by atoms with Crippen molar-refractivity contribution in [3.8, 4) is 0 Å². The highest BCUT2D eigenvalue weighted by Gasteiger charge is 2.16. The average molecular weight is 328 g/mol. The topological polar surface area (TPSA) is 96.6 Å². The first-order valence-electron chi connectivity index (χ1n) is 7.05. The number of aromatic nitrogens is 3. The highest BCUT2D eigenvalue weighted by molar-refractivity contribution is 5.96. The average Bonchev–Trinajstić information content (AvgIpc) is 3.03. The van der Waals surface area contributed by atoms with Gasteiger partial charge in [0.05, 0.1) is 6.20 Å². The first-order chi connectivity index (χ1) is 11.5. The number of aromatic carboxylic acids is 1. The van der Waals surface area contributed by atoms with Crippen LogP contribution in [0.3, 0.4) is 0 Å². The number of hydrogen-bond donors (Lipinski definition) is 2. The summed E-state index contributed by atoms with van der Waals surface area (Å²) in [5, 5.41) is 11.9. The zero-order chi connectivity index (χ0) is 17.3. The van der Waals surface area contributed by atoms with Gasteiger partial charge in [-0.15, -0.1) is 0 Å². The molecule has 2 N–H and O–H groups in total. The number of amides is 1. The van der Waals surface area contributed by atoms with Gasteiger partial charge in [-0.05, 0) is 24.1 Å². The quantitative estimate of drug-likeness (QED) is 0.761. The molecule has 0 saturated carbocycles. The van der Waals surface area contributed by atoms with Gasteiger partial charge < -0.3 is 10.4 Å². The molecule has 0 bridgehead atoms. The summed E-state index contributed by atoms with van der Waals surface area (Å²) < 4.78 is 14.5. The highest BCUT2D eigenvalue weighted by Crippen LogP contribution is 2.11. The molecular formula is C16H13FN4O3. The molecule has 3 rings (SSSR count). The molecule has 24 heavy (non-hydrogen) atoms. The van der Waals surface area contributed by atoms with Crippen LogP contribution >= 0.6 is 0 Å². The lowest BCUT2D eigenvalue weighted by Gasteiger charge is -2.08. The SMILES string of the molecule is Cc1cc(CNC(=O)c2cc(C(=O)O)n3cncc3n2)ccc1F. The van der Waals surface area contributed by atoms with E-state index < -0.39 is 11.9 Å². The number of carboxylic acids is 1. The molecule has 8 heteroatoms. The van der Waals surface area contributed by atoms with Crippen LogP contribution in [-0.4, -0.2) is 31.4 Å². The van der Waals surface area contributed by atoms with Crippen molar-refractivity contribution in [2.45, 2.75) is 13.5 Å². The molecule has 122 valence electrons. The van der Waals surface area contributed by atoms with E-state index in [1.54, 1.807) is 19.1 Å². The van der Waals surface area contributed by atoms with Crippen molar-refractivity contribution in [3.05, 3.63) is 65.1 Å². The molecule has 0 aliphatic heterocycles. The van der Waals surface area contributed by atoms with E-state index in [1.807, 2.05) is 0 Å². The lowest BCUT2D eigenvalue weighted by Crippen LogP contribution is -2.25. The number of fused-ring (bicyclic) bond motifs is 1. The number of imidazole rings is 1. The van der Waals surface area contributed by atoms with E-state index in [9.17, 15) is 19.1 Å². The third-order valence-corrected chi connectivity index (χ3v) is 3.51. The Balaban J connectivity index is 1.83. The summed E-state index contributed by atoms with van der Waals surface area (Å²) in [6.45, 7) is 1.81. The first-order valence-corrected chi connectivity index (χ1v) is 7.05. The Hall–Kier alpha value is -3.29. The second-order valence-electron chi connectivity index (χ2n) is 5.22. The van der Waals surface area contributed by atoms with Crippen molar-refractivity contribution in [2.75, 3.05) is 0 Å². The predicted molar refractivity (Wildman–Crippen MR) is 82.3 cm³/mol. The van der Waals surface area contributed by atoms with Crippen LogP contribution in [0.1, 0.15) is 32.1 Å². The molecule has 0 unspecified atom stereocenters. The second kappa shape index (κ2) is 6.07. The standard InChI is InChI=1S/C16H13FN4O3/c1-9-4-10(2-3-11(9)17)6-19-15(22)12-5-13(16(23)24)21-8-18-7-14(21)20-12/h2-5,7-8H,6H2,1H3,(H,19,22)(H,23,24). The van der Waals surface area contributed by atoms with Gasteiger partial charge in [0.15, 0.2) is 5.65 Å². The molecule has 0 atom stereocenters. The van der Waals surface area contributed by atoms with Crippen LogP contribution in [-0.2, 0) is 6.54 Å². The zero-order valence-corrected chi connectivity index (χ0v) is 12.7. The van der Waals surface area contributed by atoms with E-state index in [2.05, 4.69) is 15.3 Å². The maximum absolute atomic E-state index is 13.2. The van der Waals surface area contributed by atoms with Crippen LogP contribution in [0.5, 0.6) is 0 Å². The molecule has 2 aromatic heterocycles. The molecule has 1 aromatic carbocycles. The molecule has 1 amide bonds. The monoisotopic (exact) mass is 328 g/mol. The zero-order valence-electron chi connectivity index (χ0n) is 12.7. The van der Waals surface area contributed by atoms with Crippen molar-refractivity contribution in [3.63, 3.8) is 0 Å². The Morgan fingerprint density at radius 2 is 2.12 bits per heavy atom. The minimum absolute atomic E-state index is 0.0285. The van der Waals surface area contributed by atoms with Crippen LogP contribution in [0.4, 0.5) is 4.39 Å². The number of nitrogens with zero attached hydrogens (tertiary/aromatic N) is 3. The van der Waals surface area contributed by atoms with E-state index in [1.165, 1.54) is 29.1 Å². The molecule has 0 fully saturated rings. The number of carbonyl (C=O) groups excluding carboxylic acids is 1.